The first-order chi connectivity index (χ1) is 6.61. The predicted molar refractivity (Wildman–Crippen MR) is 56.4 cm³/mol. The van der Waals surface area contributed by atoms with Crippen LogP contribution in [0.1, 0.15) is 32.1 Å². The average Bonchev–Trinajstić information content (AvgIpc) is 2.19. The van der Waals surface area contributed by atoms with Crippen molar-refractivity contribution in [2.45, 2.75) is 32.1 Å². The molecule has 0 aromatic rings. The average molecular weight is 217 g/mol. The lowest BCUT2D eigenvalue weighted by Crippen LogP contribution is -2.37. The number of hydrogen-bond acceptors (Lipinski definition) is 2. The Morgan fingerprint density at radius 3 is 2.29 bits per heavy atom. The normalized spacial score (nSPS) is 37.4. The summed E-state index contributed by atoms with van der Waals surface area (Å²) in [5, 5.41) is 0. The van der Waals surface area contributed by atoms with Crippen molar-refractivity contribution >= 4 is 10.0 Å². The zero-order valence-electron chi connectivity index (χ0n) is 8.70. The molecule has 4 heteroatoms. The van der Waals surface area contributed by atoms with Gasteiger partial charge in [-0.05, 0) is 44.1 Å². The van der Waals surface area contributed by atoms with Gasteiger partial charge in [-0.1, -0.05) is 12.8 Å². The predicted octanol–water partition coefficient (Wildman–Crippen LogP) is 1.36. The Morgan fingerprint density at radius 2 is 1.86 bits per heavy atom. The SMILES string of the molecule is CNS(=O)(=O)CC1CC2CCC1CC2. The Bertz CT molecular complexity index is 291. The smallest absolute Gasteiger partial charge is 0.211 e. The van der Waals surface area contributed by atoms with Crippen molar-refractivity contribution in [2.75, 3.05) is 12.8 Å². The lowest BCUT2D eigenvalue weighted by atomic mass is 9.65. The molecular formula is C10H19NO2S. The Labute approximate surface area is 86.3 Å². The fourth-order valence-corrected chi connectivity index (χ4v) is 4.22. The van der Waals surface area contributed by atoms with Crippen molar-refractivity contribution in [3.05, 3.63) is 0 Å². The van der Waals surface area contributed by atoms with Gasteiger partial charge in [-0.15, -0.1) is 0 Å². The molecule has 0 aromatic heterocycles. The molecule has 0 aliphatic heterocycles. The van der Waals surface area contributed by atoms with E-state index in [0.29, 0.717) is 17.6 Å². The van der Waals surface area contributed by atoms with E-state index in [9.17, 15) is 8.42 Å². The highest BCUT2D eigenvalue weighted by Gasteiger charge is 2.37. The van der Waals surface area contributed by atoms with Crippen LogP contribution in [0.25, 0.3) is 0 Å². The van der Waals surface area contributed by atoms with Crippen LogP contribution in [0.2, 0.25) is 0 Å². The maximum absolute atomic E-state index is 11.4. The molecule has 0 aromatic carbocycles. The number of sulfonamides is 1. The van der Waals surface area contributed by atoms with Crippen LogP contribution >= 0.6 is 0 Å². The van der Waals surface area contributed by atoms with E-state index >= 15 is 0 Å². The highest BCUT2D eigenvalue weighted by atomic mass is 32.2. The number of rotatable bonds is 3. The van der Waals surface area contributed by atoms with Crippen molar-refractivity contribution in [3.8, 4) is 0 Å². The quantitative estimate of drug-likeness (QED) is 0.776. The standard InChI is InChI=1S/C10H19NO2S/c1-11-14(12,13)7-10-6-8-2-4-9(10)5-3-8/h8-11H,2-7H2,1H3. The zero-order chi connectivity index (χ0) is 10.2. The third kappa shape index (κ3) is 2.11. The molecule has 3 nitrogen and oxygen atoms in total. The van der Waals surface area contributed by atoms with Gasteiger partial charge in [0.25, 0.3) is 0 Å². The maximum atomic E-state index is 11.4. The fraction of sp³-hybridized carbons (Fsp3) is 1.00. The number of nitrogens with one attached hydrogen (secondary N) is 1. The van der Waals surface area contributed by atoms with E-state index in [-0.39, 0.29) is 0 Å². The zero-order valence-corrected chi connectivity index (χ0v) is 9.52. The van der Waals surface area contributed by atoms with E-state index in [1.54, 1.807) is 0 Å². The van der Waals surface area contributed by atoms with Gasteiger partial charge in [-0.25, -0.2) is 13.1 Å². The molecule has 1 N–H and O–H groups in total. The van der Waals surface area contributed by atoms with Gasteiger partial charge in [-0.2, -0.15) is 0 Å². The Balaban J connectivity index is 1.99. The van der Waals surface area contributed by atoms with E-state index in [1.165, 1.54) is 32.7 Å². The van der Waals surface area contributed by atoms with E-state index in [2.05, 4.69) is 4.72 Å². The molecule has 0 heterocycles. The first kappa shape index (κ1) is 10.4. The molecule has 3 fully saturated rings. The van der Waals surface area contributed by atoms with Crippen molar-refractivity contribution in [3.63, 3.8) is 0 Å². The monoisotopic (exact) mass is 217 g/mol. The molecule has 1 unspecified atom stereocenters. The summed E-state index contributed by atoms with van der Waals surface area (Å²) in [5.41, 5.74) is 0. The minimum atomic E-state index is -2.99. The van der Waals surface area contributed by atoms with E-state index < -0.39 is 10.0 Å². The third-order valence-corrected chi connectivity index (χ3v) is 5.43. The lowest BCUT2D eigenvalue weighted by Gasteiger charge is -2.42. The fourth-order valence-electron chi connectivity index (χ4n) is 3.09. The van der Waals surface area contributed by atoms with Crippen molar-refractivity contribution in [1.82, 2.24) is 4.72 Å². The summed E-state index contributed by atoms with van der Waals surface area (Å²) in [5.74, 6) is 2.28. The molecular weight excluding hydrogens is 198 g/mol. The minimum absolute atomic E-state index is 0.352. The third-order valence-electron chi connectivity index (χ3n) is 3.94. The molecule has 0 radical (unpaired) electrons. The molecule has 3 aliphatic rings. The summed E-state index contributed by atoms with van der Waals surface area (Å²) in [6.07, 6.45) is 6.33. The maximum Gasteiger partial charge on any atom is 0.211 e. The second kappa shape index (κ2) is 3.81. The highest BCUT2D eigenvalue weighted by molar-refractivity contribution is 7.89. The van der Waals surface area contributed by atoms with Gasteiger partial charge < -0.3 is 0 Å². The Hall–Kier alpha value is -0.0900. The molecule has 2 bridgehead atoms. The van der Waals surface area contributed by atoms with Gasteiger partial charge in [-0.3, -0.25) is 0 Å². The van der Waals surface area contributed by atoms with Crippen LogP contribution in [0.15, 0.2) is 0 Å². The summed E-state index contributed by atoms with van der Waals surface area (Å²) < 4.78 is 25.3. The summed E-state index contributed by atoms with van der Waals surface area (Å²) in [4.78, 5) is 0. The van der Waals surface area contributed by atoms with E-state index in [1.807, 2.05) is 0 Å². The van der Waals surface area contributed by atoms with Crippen LogP contribution in [-0.2, 0) is 10.0 Å². The summed E-state index contributed by atoms with van der Waals surface area (Å²) in [6.45, 7) is 0. The molecule has 3 aliphatic carbocycles. The van der Waals surface area contributed by atoms with Crippen LogP contribution in [-0.4, -0.2) is 21.2 Å². The van der Waals surface area contributed by atoms with E-state index in [0.717, 1.165) is 12.3 Å². The number of fused-ring (bicyclic) bond motifs is 3. The molecule has 0 spiro atoms. The molecule has 82 valence electrons. The first-order valence-electron chi connectivity index (χ1n) is 5.52. The van der Waals surface area contributed by atoms with Crippen molar-refractivity contribution in [1.29, 1.82) is 0 Å². The second-order valence-electron chi connectivity index (χ2n) is 4.76. The molecule has 3 rings (SSSR count). The summed E-state index contributed by atoms with van der Waals surface area (Å²) >= 11 is 0. The summed E-state index contributed by atoms with van der Waals surface area (Å²) in [7, 11) is -1.48. The van der Waals surface area contributed by atoms with Crippen LogP contribution in [0, 0.1) is 17.8 Å². The van der Waals surface area contributed by atoms with Gasteiger partial charge >= 0.3 is 0 Å². The molecule has 0 saturated heterocycles. The molecule has 1 atom stereocenters. The lowest BCUT2D eigenvalue weighted by molar-refractivity contribution is 0.113. The minimum Gasteiger partial charge on any atom is -0.218 e. The van der Waals surface area contributed by atoms with Crippen LogP contribution in [0.4, 0.5) is 0 Å². The van der Waals surface area contributed by atoms with Gasteiger partial charge in [0.2, 0.25) is 10.0 Å². The topological polar surface area (TPSA) is 46.2 Å². The molecule has 14 heavy (non-hydrogen) atoms. The molecule has 3 saturated carbocycles. The largest absolute Gasteiger partial charge is 0.218 e. The van der Waals surface area contributed by atoms with Crippen LogP contribution in [0.3, 0.4) is 0 Å². The van der Waals surface area contributed by atoms with Gasteiger partial charge in [0, 0.05) is 0 Å². The van der Waals surface area contributed by atoms with Crippen molar-refractivity contribution < 1.29 is 8.42 Å². The van der Waals surface area contributed by atoms with Gasteiger partial charge in [0.15, 0.2) is 0 Å². The first-order valence-corrected chi connectivity index (χ1v) is 7.17. The molecule has 0 amide bonds. The van der Waals surface area contributed by atoms with E-state index in [4.69, 9.17) is 0 Å². The summed E-state index contributed by atoms with van der Waals surface area (Å²) in [6, 6.07) is 0. The Morgan fingerprint density at radius 1 is 1.21 bits per heavy atom. The van der Waals surface area contributed by atoms with Crippen LogP contribution in [0.5, 0.6) is 0 Å². The number of hydrogen-bond donors (Lipinski definition) is 1. The van der Waals surface area contributed by atoms with Gasteiger partial charge in [0.1, 0.15) is 0 Å². The highest BCUT2D eigenvalue weighted by Crippen LogP contribution is 2.45. The Kier molecular flexibility index (Phi) is 2.84. The van der Waals surface area contributed by atoms with Gasteiger partial charge in [0.05, 0.1) is 5.75 Å². The van der Waals surface area contributed by atoms with Crippen molar-refractivity contribution in [2.24, 2.45) is 17.8 Å². The van der Waals surface area contributed by atoms with Crippen LogP contribution < -0.4 is 4.72 Å². The second-order valence-corrected chi connectivity index (χ2v) is 6.73.